The molecular formula is C17H12ClN3O5S. The average Bonchev–Trinajstić information content (AvgIpc) is 3.14. The molecule has 0 N–H and O–H groups in total. The van der Waals surface area contributed by atoms with E-state index in [2.05, 4.69) is 10.1 Å². The van der Waals surface area contributed by atoms with Crippen LogP contribution in [0.3, 0.4) is 0 Å². The Balaban J connectivity index is 1.69. The predicted octanol–water partition coefficient (Wildman–Crippen LogP) is 4.38. The Bertz CT molecular complexity index is 1010. The Morgan fingerprint density at radius 1 is 1.33 bits per heavy atom. The number of benzene rings is 2. The molecule has 3 rings (SSSR count). The number of carbonyl (C=O) groups excluding carboxylic acids is 1. The zero-order valence-electron chi connectivity index (χ0n) is 13.9. The van der Waals surface area contributed by atoms with Crippen molar-refractivity contribution in [2.75, 3.05) is 6.26 Å². The van der Waals surface area contributed by atoms with Gasteiger partial charge in [-0.1, -0.05) is 28.9 Å². The SMILES string of the molecule is CSc1ccc(C(=O)OCc2nc(-c3cccc(Cl)c3)no2)cc1[N+](=O)[O-]. The number of hydrogen-bond donors (Lipinski definition) is 0. The second kappa shape index (κ2) is 8.19. The van der Waals surface area contributed by atoms with Crippen LogP contribution in [0, 0.1) is 10.1 Å². The van der Waals surface area contributed by atoms with E-state index in [1.165, 1.54) is 30.0 Å². The number of thioether (sulfide) groups is 1. The Morgan fingerprint density at radius 3 is 2.85 bits per heavy atom. The molecule has 8 nitrogen and oxygen atoms in total. The van der Waals surface area contributed by atoms with E-state index in [0.29, 0.717) is 21.3 Å². The van der Waals surface area contributed by atoms with Crippen molar-refractivity contribution in [1.29, 1.82) is 0 Å². The third-order valence-electron chi connectivity index (χ3n) is 3.49. The molecule has 1 aromatic heterocycles. The Kier molecular flexibility index (Phi) is 5.72. The van der Waals surface area contributed by atoms with Gasteiger partial charge in [0.1, 0.15) is 0 Å². The van der Waals surface area contributed by atoms with Crippen LogP contribution in [0.5, 0.6) is 0 Å². The maximum Gasteiger partial charge on any atom is 0.338 e. The van der Waals surface area contributed by atoms with E-state index in [-0.39, 0.29) is 23.7 Å². The summed E-state index contributed by atoms with van der Waals surface area (Å²) in [4.78, 5) is 27.3. The fraction of sp³-hybridized carbons (Fsp3) is 0.118. The van der Waals surface area contributed by atoms with Crippen LogP contribution < -0.4 is 0 Å². The van der Waals surface area contributed by atoms with E-state index in [1.807, 2.05) is 0 Å². The Morgan fingerprint density at radius 2 is 2.15 bits per heavy atom. The number of hydrogen-bond acceptors (Lipinski definition) is 8. The third kappa shape index (κ3) is 4.44. The second-order valence-corrected chi connectivity index (χ2v) is 6.53. The predicted molar refractivity (Wildman–Crippen MR) is 98.7 cm³/mol. The molecule has 0 saturated heterocycles. The van der Waals surface area contributed by atoms with Crippen LogP contribution in [-0.2, 0) is 11.3 Å². The van der Waals surface area contributed by atoms with Gasteiger partial charge in [-0.15, -0.1) is 11.8 Å². The van der Waals surface area contributed by atoms with E-state index >= 15 is 0 Å². The molecule has 0 aliphatic rings. The van der Waals surface area contributed by atoms with Gasteiger partial charge in [0.25, 0.3) is 11.6 Å². The van der Waals surface area contributed by atoms with Gasteiger partial charge in [0.2, 0.25) is 5.82 Å². The average molecular weight is 406 g/mol. The molecule has 0 spiro atoms. The van der Waals surface area contributed by atoms with Crippen molar-refractivity contribution in [3.63, 3.8) is 0 Å². The summed E-state index contributed by atoms with van der Waals surface area (Å²) in [6, 6.07) is 11.1. The molecule has 0 aliphatic carbocycles. The van der Waals surface area contributed by atoms with Crippen LogP contribution in [-0.4, -0.2) is 27.3 Å². The molecule has 27 heavy (non-hydrogen) atoms. The van der Waals surface area contributed by atoms with Crippen molar-refractivity contribution in [3.05, 3.63) is 69.1 Å². The number of aromatic nitrogens is 2. The van der Waals surface area contributed by atoms with Gasteiger partial charge in [0.05, 0.1) is 15.4 Å². The number of nitro groups is 1. The van der Waals surface area contributed by atoms with E-state index in [9.17, 15) is 14.9 Å². The number of halogens is 1. The van der Waals surface area contributed by atoms with E-state index < -0.39 is 10.9 Å². The van der Waals surface area contributed by atoms with Gasteiger partial charge in [-0.3, -0.25) is 10.1 Å². The lowest BCUT2D eigenvalue weighted by Crippen LogP contribution is -2.06. The Hall–Kier alpha value is -2.91. The first-order valence-corrected chi connectivity index (χ1v) is 9.16. The monoisotopic (exact) mass is 405 g/mol. The van der Waals surface area contributed by atoms with Crippen LogP contribution in [0.1, 0.15) is 16.2 Å². The lowest BCUT2D eigenvalue weighted by atomic mass is 10.2. The van der Waals surface area contributed by atoms with E-state index in [0.717, 1.165) is 0 Å². The molecule has 10 heteroatoms. The topological polar surface area (TPSA) is 108 Å². The first-order chi connectivity index (χ1) is 13.0. The summed E-state index contributed by atoms with van der Waals surface area (Å²) in [6.07, 6.45) is 1.72. The zero-order valence-corrected chi connectivity index (χ0v) is 15.5. The Labute approximate surface area is 162 Å². The summed E-state index contributed by atoms with van der Waals surface area (Å²) in [6.45, 7) is -0.259. The molecule has 138 valence electrons. The van der Waals surface area contributed by atoms with E-state index in [4.69, 9.17) is 20.9 Å². The molecular weight excluding hydrogens is 394 g/mol. The van der Waals surface area contributed by atoms with Crippen molar-refractivity contribution in [2.45, 2.75) is 11.5 Å². The quantitative estimate of drug-likeness (QED) is 0.257. The molecule has 0 atom stereocenters. The van der Waals surface area contributed by atoms with Crippen molar-refractivity contribution in [3.8, 4) is 11.4 Å². The molecule has 0 unspecified atom stereocenters. The van der Waals surface area contributed by atoms with Gasteiger partial charge in [-0.2, -0.15) is 4.98 Å². The molecule has 0 aliphatic heterocycles. The van der Waals surface area contributed by atoms with Crippen LogP contribution in [0.25, 0.3) is 11.4 Å². The molecule has 0 bridgehead atoms. The van der Waals surface area contributed by atoms with Gasteiger partial charge in [-0.05, 0) is 30.5 Å². The van der Waals surface area contributed by atoms with Gasteiger partial charge in [0.15, 0.2) is 6.61 Å². The molecule has 0 saturated carbocycles. The summed E-state index contributed by atoms with van der Waals surface area (Å²) < 4.78 is 10.2. The van der Waals surface area contributed by atoms with Crippen molar-refractivity contribution >= 4 is 35.0 Å². The summed E-state index contributed by atoms with van der Waals surface area (Å²) in [7, 11) is 0. The first kappa shape index (κ1) is 18.9. The number of carbonyl (C=O) groups is 1. The summed E-state index contributed by atoms with van der Waals surface area (Å²) in [5, 5.41) is 15.4. The number of ether oxygens (including phenoxy) is 1. The first-order valence-electron chi connectivity index (χ1n) is 7.56. The molecule has 0 fully saturated rings. The minimum absolute atomic E-state index is 0.0640. The highest BCUT2D eigenvalue weighted by Gasteiger charge is 2.19. The highest BCUT2D eigenvalue weighted by molar-refractivity contribution is 7.98. The van der Waals surface area contributed by atoms with Crippen LogP contribution >= 0.6 is 23.4 Å². The van der Waals surface area contributed by atoms with Crippen LogP contribution in [0.15, 0.2) is 51.9 Å². The maximum absolute atomic E-state index is 12.2. The lowest BCUT2D eigenvalue weighted by molar-refractivity contribution is -0.387. The van der Waals surface area contributed by atoms with E-state index in [1.54, 1.807) is 30.5 Å². The molecule has 0 radical (unpaired) electrons. The van der Waals surface area contributed by atoms with Gasteiger partial charge in [-0.25, -0.2) is 4.79 Å². The number of nitrogens with zero attached hydrogens (tertiary/aromatic N) is 3. The number of nitro benzene ring substituents is 1. The third-order valence-corrected chi connectivity index (χ3v) is 4.51. The summed E-state index contributed by atoms with van der Waals surface area (Å²) in [5.74, 6) is -0.328. The highest BCUT2D eigenvalue weighted by atomic mass is 35.5. The van der Waals surface area contributed by atoms with Crippen molar-refractivity contribution in [2.24, 2.45) is 0 Å². The summed E-state index contributed by atoms with van der Waals surface area (Å²) >= 11 is 7.14. The largest absolute Gasteiger partial charge is 0.452 e. The number of rotatable bonds is 6. The molecule has 2 aromatic carbocycles. The van der Waals surface area contributed by atoms with Crippen LogP contribution in [0.2, 0.25) is 5.02 Å². The van der Waals surface area contributed by atoms with Crippen molar-refractivity contribution in [1.82, 2.24) is 10.1 Å². The highest BCUT2D eigenvalue weighted by Crippen LogP contribution is 2.28. The van der Waals surface area contributed by atoms with Crippen molar-refractivity contribution < 1.29 is 19.0 Å². The van der Waals surface area contributed by atoms with Gasteiger partial charge < -0.3 is 9.26 Å². The van der Waals surface area contributed by atoms with Gasteiger partial charge in [0, 0.05) is 16.7 Å². The normalized spacial score (nSPS) is 10.6. The second-order valence-electron chi connectivity index (χ2n) is 5.24. The van der Waals surface area contributed by atoms with Crippen LogP contribution in [0.4, 0.5) is 5.69 Å². The standard InChI is InChI=1S/C17H12ClN3O5S/c1-27-14-6-5-11(8-13(14)21(23)24)17(22)25-9-15-19-16(20-26-15)10-3-2-4-12(18)7-10/h2-8H,9H2,1H3. The minimum Gasteiger partial charge on any atom is -0.452 e. The lowest BCUT2D eigenvalue weighted by Gasteiger charge is -2.04. The minimum atomic E-state index is -0.728. The molecule has 0 amide bonds. The summed E-state index contributed by atoms with van der Waals surface area (Å²) in [5.41, 5.74) is 0.569. The fourth-order valence-electron chi connectivity index (χ4n) is 2.23. The van der Waals surface area contributed by atoms with Gasteiger partial charge >= 0.3 is 5.97 Å². The maximum atomic E-state index is 12.2. The molecule has 1 heterocycles. The number of esters is 1. The smallest absolute Gasteiger partial charge is 0.338 e. The zero-order chi connectivity index (χ0) is 19.4. The molecule has 3 aromatic rings. The fourth-order valence-corrected chi connectivity index (χ4v) is 2.97.